The molecule has 0 radical (unpaired) electrons. The van der Waals surface area contributed by atoms with Crippen molar-refractivity contribution in [2.75, 3.05) is 19.7 Å². The van der Waals surface area contributed by atoms with Crippen LogP contribution in [0.3, 0.4) is 0 Å². The van der Waals surface area contributed by atoms with Crippen LogP contribution < -0.4 is 4.74 Å². The van der Waals surface area contributed by atoms with Gasteiger partial charge in [-0.25, -0.2) is 23.4 Å². The standard InChI is InChI=1S/C15H21N5O3S/c1-12-6-16-15(17-7-12)23-10-13-4-3-5-20(8-13)24(21,22)14-9-19(2)11-18-14/h6-7,9,11,13H,3-5,8,10H2,1-2H3. The molecular formula is C15H21N5O3S. The second kappa shape index (κ2) is 6.86. The third-order valence-corrected chi connectivity index (χ3v) is 5.72. The average molecular weight is 351 g/mol. The van der Waals surface area contributed by atoms with Crippen molar-refractivity contribution in [1.82, 2.24) is 23.8 Å². The van der Waals surface area contributed by atoms with Crippen LogP contribution in [0, 0.1) is 12.8 Å². The molecule has 0 aromatic carbocycles. The summed E-state index contributed by atoms with van der Waals surface area (Å²) >= 11 is 0. The maximum Gasteiger partial charge on any atom is 0.316 e. The Kier molecular flexibility index (Phi) is 4.81. The molecule has 1 aliphatic heterocycles. The molecule has 1 unspecified atom stereocenters. The molecular weight excluding hydrogens is 330 g/mol. The van der Waals surface area contributed by atoms with E-state index in [1.165, 1.54) is 16.8 Å². The van der Waals surface area contributed by atoms with E-state index in [4.69, 9.17) is 4.74 Å². The summed E-state index contributed by atoms with van der Waals surface area (Å²) in [5.74, 6) is 0.113. The molecule has 3 rings (SSSR count). The van der Waals surface area contributed by atoms with Gasteiger partial charge < -0.3 is 9.30 Å². The van der Waals surface area contributed by atoms with Gasteiger partial charge in [-0.05, 0) is 25.3 Å². The summed E-state index contributed by atoms with van der Waals surface area (Å²) < 4.78 is 34.0. The summed E-state index contributed by atoms with van der Waals surface area (Å²) in [7, 11) is -1.80. The highest BCUT2D eigenvalue weighted by Gasteiger charge is 2.32. The molecule has 3 heterocycles. The first-order valence-electron chi connectivity index (χ1n) is 7.85. The lowest BCUT2D eigenvalue weighted by Crippen LogP contribution is -2.41. The molecule has 0 bridgehead atoms. The molecule has 0 aliphatic carbocycles. The predicted molar refractivity (Wildman–Crippen MR) is 87.0 cm³/mol. The van der Waals surface area contributed by atoms with Crippen molar-refractivity contribution in [2.24, 2.45) is 13.0 Å². The zero-order chi connectivity index (χ0) is 17.2. The molecule has 0 spiro atoms. The van der Waals surface area contributed by atoms with Crippen molar-refractivity contribution < 1.29 is 13.2 Å². The number of imidazole rings is 1. The minimum absolute atomic E-state index is 0.0911. The molecule has 0 saturated carbocycles. The van der Waals surface area contributed by atoms with E-state index >= 15 is 0 Å². The van der Waals surface area contributed by atoms with Crippen LogP contribution >= 0.6 is 0 Å². The summed E-state index contributed by atoms with van der Waals surface area (Å²) in [6.07, 6.45) is 8.12. The maximum atomic E-state index is 12.6. The smallest absolute Gasteiger partial charge is 0.316 e. The summed E-state index contributed by atoms with van der Waals surface area (Å²) in [6.45, 7) is 3.24. The monoisotopic (exact) mass is 351 g/mol. The first kappa shape index (κ1) is 16.8. The fraction of sp³-hybridized carbons (Fsp3) is 0.533. The zero-order valence-corrected chi connectivity index (χ0v) is 14.6. The van der Waals surface area contributed by atoms with E-state index < -0.39 is 10.0 Å². The SMILES string of the molecule is Cc1cnc(OCC2CCCN(S(=O)(=O)c3cn(C)cn3)C2)nc1. The lowest BCUT2D eigenvalue weighted by molar-refractivity contribution is 0.171. The Bertz CT molecular complexity index is 788. The number of hydrogen-bond donors (Lipinski definition) is 0. The fourth-order valence-corrected chi connectivity index (χ4v) is 4.20. The van der Waals surface area contributed by atoms with Gasteiger partial charge in [-0.1, -0.05) is 0 Å². The number of aromatic nitrogens is 4. The zero-order valence-electron chi connectivity index (χ0n) is 13.8. The largest absolute Gasteiger partial charge is 0.463 e. The highest BCUT2D eigenvalue weighted by molar-refractivity contribution is 7.89. The van der Waals surface area contributed by atoms with E-state index in [2.05, 4.69) is 15.0 Å². The molecule has 0 N–H and O–H groups in total. The van der Waals surface area contributed by atoms with Gasteiger partial charge in [0.2, 0.25) is 0 Å². The third kappa shape index (κ3) is 3.73. The Labute approximate surface area is 141 Å². The molecule has 1 atom stereocenters. The summed E-state index contributed by atoms with van der Waals surface area (Å²) in [5.41, 5.74) is 0.965. The van der Waals surface area contributed by atoms with Gasteiger partial charge in [-0.2, -0.15) is 4.31 Å². The van der Waals surface area contributed by atoms with Gasteiger partial charge in [0.05, 0.1) is 12.9 Å². The molecule has 1 saturated heterocycles. The molecule has 24 heavy (non-hydrogen) atoms. The number of ether oxygens (including phenoxy) is 1. The Morgan fingerprint density at radius 3 is 2.71 bits per heavy atom. The number of piperidine rings is 1. The number of nitrogens with zero attached hydrogens (tertiary/aromatic N) is 5. The first-order valence-corrected chi connectivity index (χ1v) is 9.29. The lowest BCUT2D eigenvalue weighted by Gasteiger charge is -2.30. The van der Waals surface area contributed by atoms with Gasteiger partial charge in [0.15, 0.2) is 5.03 Å². The highest BCUT2D eigenvalue weighted by atomic mass is 32.2. The van der Waals surface area contributed by atoms with E-state index in [9.17, 15) is 8.42 Å². The van der Waals surface area contributed by atoms with Crippen LogP contribution in [0.2, 0.25) is 0 Å². The van der Waals surface area contributed by atoms with Crippen LogP contribution in [-0.4, -0.2) is 51.9 Å². The van der Waals surface area contributed by atoms with Crippen molar-refractivity contribution in [3.05, 3.63) is 30.5 Å². The van der Waals surface area contributed by atoms with E-state index in [1.54, 1.807) is 24.0 Å². The fourth-order valence-electron chi connectivity index (χ4n) is 2.68. The number of sulfonamides is 1. The van der Waals surface area contributed by atoms with Crippen LogP contribution in [0.4, 0.5) is 0 Å². The van der Waals surface area contributed by atoms with Gasteiger partial charge in [-0.15, -0.1) is 0 Å². The normalized spacial score (nSPS) is 19.3. The molecule has 1 aliphatic rings. The van der Waals surface area contributed by atoms with Crippen LogP contribution in [-0.2, 0) is 17.1 Å². The van der Waals surface area contributed by atoms with Gasteiger partial charge in [-0.3, -0.25) is 0 Å². The lowest BCUT2D eigenvalue weighted by atomic mass is 10.0. The molecule has 8 nitrogen and oxygen atoms in total. The van der Waals surface area contributed by atoms with Crippen molar-refractivity contribution >= 4 is 10.0 Å². The van der Waals surface area contributed by atoms with Crippen LogP contribution in [0.15, 0.2) is 29.9 Å². The quantitative estimate of drug-likeness (QED) is 0.798. The van der Waals surface area contributed by atoms with Gasteiger partial charge in [0, 0.05) is 44.6 Å². The van der Waals surface area contributed by atoms with Crippen molar-refractivity contribution in [3.63, 3.8) is 0 Å². The van der Waals surface area contributed by atoms with Gasteiger partial charge in [0.25, 0.3) is 10.0 Å². The highest BCUT2D eigenvalue weighted by Crippen LogP contribution is 2.23. The maximum absolute atomic E-state index is 12.6. The van der Waals surface area contributed by atoms with Crippen molar-refractivity contribution in [3.8, 4) is 6.01 Å². The van der Waals surface area contributed by atoms with E-state index in [1.807, 2.05) is 6.92 Å². The van der Waals surface area contributed by atoms with Crippen molar-refractivity contribution in [1.29, 1.82) is 0 Å². The average Bonchev–Trinajstić information content (AvgIpc) is 3.02. The van der Waals surface area contributed by atoms with Gasteiger partial charge in [0.1, 0.15) is 0 Å². The Hall–Kier alpha value is -2.00. The number of hydrogen-bond acceptors (Lipinski definition) is 6. The Balaban J connectivity index is 1.62. The Morgan fingerprint density at radius 1 is 1.29 bits per heavy atom. The van der Waals surface area contributed by atoms with E-state index in [0.29, 0.717) is 25.7 Å². The minimum Gasteiger partial charge on any atom is -0.463 e. The predicted octanol–water partition coefficient (Wildman–Crippen LogP) is 0.998. The summed E-state index contributed by atoms with van der Waals surface area (Å²) in [6, 6.07) is 0.324. The molecule has 1 fully saturated rings. The van der Waals surface area contributed by atoms with Crippen LogP contribution in [0.1, 0.15) is 18.4 Å². The number of aryl methyl sites for hydroxylation is 2. The van der Waals surface area contributed by atoms with Crippen LogP contribution in [0.5, 0.6) is 6.01 Å². The van der Waals surface area contributed by atoms with E-state index in [-0.39, 0.29) is 10.9 Å². The second-order valence-electron chi connectivity index (χ2n) is 6.10. The summed E-state index contributed by atoms with van der Waals surface area (Å²) in [4.78, 5) is 12.2. The molecule has 0 amide bonds. The first-order chi connectivity index (χ1) is 11.4. The minimum atomic E-state index is -3.55. The molecule has 2 aromatic rings. The molecule has 130 valence electrons. The molecule has 2 aromatic heterocycles. The van der Waals surface area contributed by atoms with Crippen molar-refractivity contribution in [2.45, 2.75) is 24.8 Å². The molecule has 9 heteroatoms. The summed E-state index contributed by atoms with van der Waals surface area (Å²) in [5, 5.41) is 0.0911. The van der Waals surface area contributed by atoms with E-state index in [0.717, 1.165) is 18.4 Å². The van der Waals surface area contributed by atoms with Crippen LogP contribution in [0.25, 0.3) is 0 Å². The second-order valence-corrected chi connectivity index (χ2v) is 7.99. The number of rotatable bonds is 5. The van der Waals surface area contributed by atoms with Gasteiger partial charge >= 0.3 is 6.01 Å². The topological polar surface area (TPSA) is 90.2 Å². The third-order valence-electron chi connectivity index (χ3n) is 3.97. The Morgan fingerprint density at radius 2 is 2.04 bits per heavy atom.